The second-order valence-electron chi connectivity index (χ2n) is 4.45. The van der Waals surface area contributed by atoms with E-state index in [1.807, 2.05) is 23.1 Å². The third-order valence-corrected chi connectivity index (χ3v) is 3.22. The van der Waals surface area contributed by atoms with Gasteiger partial charge in [-0.2, -0.15) is 0 Å². The molecule has 2 N–H and O–H groups in total. The first-order valence-electron chi connectivity index (χ1n) is 5.43. The highest BCUT2D eigenvalue weighted by Gasteiger charge is 2.38. The fourth-order valence-corrected chi connectivity index (χ4v) is 2.36. The number of benzene rings is 1. The van der Waals surface area contributed by atoms with Crippen LogP contribution in [0, 0.1) is 0 Å². The van der Waals surface area contributed by atoms with Crippen LogP contribution in [-0.4, -0.2) is 34.9 Å². The minimum Gasteiger partial charge on any atom is -0.481 e. The first-order chi connectivity index (χ1) is 7.98. The molecule has 1 unspecified atom stereocenters. The number of carboxylic acid groups (broad SMARTS) is 1. The zero-order valence-corrected chi connectivity index (χ0v) is 10.0. The van der Waals surface area contributed by atoms with E-state index in [0.29, 0.717) is 24.5 Å². The molecule has 1 aliphatic rings. The van der Waals surface area contributed by atoms with Gasteiger partial charge in [-0.25, -0.2) is 0 Å². The quantitative estimate of drug-likeness (QED) is 0.864. The van der Waals surface area contributed by atoms with E-state index < -0.39 is 11.6 Å². The Labute approximate surface area is 104 Å². The van der Waals surface area contributed by atoms with Crippen molar-refractivity contribution < 1.29 is 15.0 Å². The third-order valence-electron chi connectivity index (χ3n) is 2.99. The van der Waals surface area contributed by atoms with Gasteiger partial charge in [0.25, 0.3) is 0 Å². The fourth-order valence-electron chi connectivity index (χ4n) is 2.18. The van der Waals surface area contributed by atoms with E-state index in [9.17, 15) is 9.90 Å². The Kier molecular flexibility index (Phi) is 3.26. The average molecular weight is 256 g/mol. The highest BCUT2D eigenvalue weighted by atomic mass is 35.5. The van der Waals surface area contributed by atoms with Crippen molar-refractivity contribution >= 4 is 23.3 Å². The molecule has 1 aromatic rings. The number of rotatable bonds is 3. The van der Waals surface area contributed by atoms with Crippen LogP contribution in [0.3, 0.4) is 0 Å². The summed E-state index contributed by atoms with van der Waals surface area (Å²) < 4.78 is 0. The summed E-state index contributed by atoms with van der Waals surface area (Å²) in [5.74, 6) is -0.972. The van der Waals surface area contributed by atoms with Gasteiger partial charge in [0, 0.05) is 23.8 Å². The lowest BCUT2D eigenvalue weighted by Gasteiger charge is -2.23. The monoisotopic (exact) mass is 255 g/mol. The number of nitrogens with zero attached hydrogens (tertiary/aromatic N) is 1. The molecule has 0 bridgehead atoms. The molecule has 0 spiro atoms. The van der Waals surface area contributed by atoms with Crippen molar-refractivity contribution in [2.24, 2.45) is 0 Å². The van der Waals surface area contributed by atoms with Crippen molar-refractivity contribution in [3.63, 3.8) is 0 Å². The van der Waals surface area contributed by atoms with Crippen LogP contribution in [0.4, 0.5) is 5.69 Å². The number of carbonyl (C=O) groups is 1. The van der Waals surface area contributed by atoms with Gasteiger partial charge < -0.3 is 15.1 Å². The van der Waals surface area contributed by atoms with Crippen LogP contribution in [0.1, 0.15) is 12.8 Å². The smallest absolute Gasteiger partial charge is 0.306 e. The molecule has 1 saturated heterocycles. The molecule has 2 rings (SSSR count). The van der Waals surface area contributed by atoms with Crippen LogP contribution in [-0.2, 0) is 4.79 Å². The van der Waals surface area contributed by atoms with Crippen LogP contribution < -0.4 is 4.90 Å². The second-order valence-corrected chi connectivity index (χ2v) is 4.88. The third kappa shape index (κ3) is 2.90. The highest BCUT2D eigenvalue weighted by Crippen LogP contribution is 2.30. The maximum absolute atomic E-state index is 10.7. The van der Waals surface area contributed by atoms with Crippen molar-refractivity contribution in [1.29, 1.82) is 0 Å². The summed E-state index contributed by atoms with van der Waals surface area (Å²) in [5.41, 5.74) is -0.215. The van der Waals surface area contributed by atoms with Crippen molar-refractivity contribution in [2.75, 3.05) is 18.0 Å². The summed E-state index contributed by atoms with van der Waals surface area (Å²) in [4.78, 5) is 12.6. The predicted molar refractivity (Wildman–Crippen MR) is 65.5 cm³/mol. The number of β-amino-alcohol motifs (C(OH)–C–C–N with tert-alkyl or cyclic N) is 1. The molecule has 1 aromatic carbocycles. The van der Waals surface area contributed by atoms with Crippen molar-refractivity contribution in [1.82, 2.24) is 0 Å². The van der Waals surface area contributed by atoms with Crippen LogP contribution in [0.5, 0.6) is 0 Å². The largest absolute Gasteiger partial charge is 0.481 e. The zero-order valence-electron chi connectivity index (χ0n) is 9.27. The summed E-state index contributed by atoms with van der Waals surface area (Å²) in [6.45, 7) is 0.976. The molecular formula is C12H14ClNO3. The predicted octanol–water partition coefficient (Wildman–Crippen LogP) is 1.76. The SMILES string of the molecule is O=C(O)CC1(O)CCN(c2cccc(Cl)c2)C1. The standard InChI is InChI=1S/C12H14ClNO3/c13-9-2-1-3-10(6-9)14-5-4-12(17,8-14)7-11(15)16/h1-3,6,17H,4-5,7-8H2,(H,15,16). The summed E-state index contributed by atoms with van der Waals surface area (Å²) in [7, 11) is 0. The topological polar surface area (TPSA) is 60.8 Å². The Bertz CT molecular complexity index is 438. The number of aliphatic hydroxyl groups is 1. The number of hydrogen-bond acceptors (Lipinski definition) is 3. The van der Waals surface area contributed by atoms with Gasteiger partial charge in [-0.1, -0.05) is 17.7 Å². The maximum Gasteiger partial charge on any atom is 0.306 e. The second kappa shape index (κ2) is 4.55. The van der Waals surface area contributed by atoms with Crippen molar-refractivity contribution in [2.45, 2.75) is 18.4 Å². The molecule has 0 aromatic heterocycles. The fraction of sp³-hybridized carbons (Fsp3) is 0.417. The molecule has 1 atom stereocenters. The van der Waals surface area contributed by atoms with E-state index in [4.69, 9.17) is 16.7 Å². The lowest BCUT2D eigenvalue weighted by Crippen LogP contribution is -2.35. The number of halogens is 1. The van der Waals surface area contributed by atoms with E-state index in [-0.39, 0.29) is 6.42 Å². The van der Waals surface area contributed by atoms with Crippen LogP contribution in [0.15, 0.2) is 24.3 Å². The van der Waals surface area contributed by atoms with Crippen molar-refractivity contribution in [3.05, 3.63) is 29.3 Å². The Morgan fingerprint density at radius 2 is 2.29 bits per heavy atom. The molecule has 5 heteroatoms. The summed E-state index contributed by atoms with van der Waals surface area (Å²) in [6.07, 6.45) is 0.246. The zero-order chi connectivity index (χ0) is 12.5. The van der Waals surface area contributed by atoms with Gasteiger partial charge in [-0.05, 0) is 24.6 Å². The first kappa shape index (κ1) is 12.2. The molecule has 4 nitrogen and oxygen atoms in total. The van der Waals surface area contributed by atoms with Gasteiger partial charge in [-0.3, -0.25) is 4.79 Å². The van der Waals surface area contributed by atoms with Gasteiger partial charge >= 0.3 is 5.97 Å². The first-order valence-corrected chi connectivity index (χ1v) is 5.81. The molecule has 1 aliphatic heterocycles. The van der Waals surface area contributed by atoms with E-state index in [2.05, 4.69) is 0 Å². The summed E-state index contributed by atoms with van der Waals surface area (Å²) >= 11 is 5.90. The van der Waals surface area contributed by atoms with Crippen LogP contribution >= 0.6 is 11.6 Å². The normalized spacial score (nSPS) is 24.0. The van der Waals surface area contributed by atoms with Gasteiger partial charge in [0.1, 0.15) is 0 Å². The van der Waals surface area contributed by atoms with Gasteiger partial charge in [0.05, 0.1) is 12.0 Å². The van der Waals surface area contributed by atoms with E-state index >= 15 is 0 Å². The Balaban J connectivity index is 2.09. The maximum atomic E-state index is 10.7. The van der Waals surface area contributed by atoms with Crippen molar-refractivity contribution in [3.8, 4) is 0 Å². The van der Waals surface area contributed by atoms with Gasteiger partial charge in [0.15, 0.2) is 0 Å². The highest BCUT2D eigenvalue weighted by molar-refractivity contribution is 6.30. The molecule has 1 heterocycles. The number of hydrogen-bond donors (Lipinski definition) is 2. The molecule has 0 saturated carbocycles. The molecular weight excluding hydrogens is 242 g/mol. The lowest BCUT2D eigenvalue weighted by atomic mass is 9.99. The number of aliphatic carboxylic acids is 1. The Morgan fingerprint density at radius 1 is 1.53 bits per heavy atom. The molecule has 0 amide bonds. The van der Waals surface area contributed by atoms with Crippen LogP contribution in [0.2, 0.25) is 5.02 Å². The Hall–Kier alpha value is -1.26. The molecule has 1 fully saturated rings. The lowest BCUT2D eigenvalue weighted by molar-refractivity contribution is -0.141. The average Bonchev–Trinajstić information content (AvgIpc) is 2.59. The Morgan fingerprint density at radius 3 is 2.94 bits per heavy atom. The molecule has 0 radical (unpaired) electrons. The molecule has 92 valence electrons. The minimum atomic E-state index is -1.13. The number of anilines is 1. The van der Waals surface area contributed by atoms with E-state index in [1.54, 1.807) is 6.07 Å². The van der Waals surface area contributed by atoms with E-state index in [0.717, 1.165) is 5.69 Å². The van der Waals surface area contributed by atoms with Crippen LogP contribution in [0.25, 0.3) is 0 Å². The van der Waals surface area contributed by atoms with Gasteiger partial charge in [0.2, 0.25) is 0 Å². The summed E-state index contributed by atoms with van der Waals surface area (Å²) in [5, 5.41) is 19.5. The number of carboxylic acids is 1. The van der Waals surface area contributed by atoms with Gasteiger partial charge in [-0.15, -0.1) is 0 Å². The minimum absolute atomic E-state index is 0.218. The summed E-state index contributed by atoms with van der Waals surface area (Å²) in [6, 6.07) is 7.34. The molecule has 0 aliphatic carbocycles. The van der Waals surface area contributed by atoms with E-state index in [1.165, 1.54) is 0 Å². The molecule has 17 heavy (non-hydrogen) atoms.